The van der Waals surface area contributed by atoms with Crippen LogP contribution in [0.15, 0.2) is 72.0 Å². The van der Waals surface area contributed by atoms with Gasteiger partial charge in [-0.25, -0.2) is 9.98 Å². The Labute approximate surface area is 172 Å². The van der Waals surface area contributed by atoms with E-state index in [0.29, 0.717) is 6.54 Å². The van der Waals surface area contributed by atoms with Gasteiger partial charge in [-0.15, -0.1) is 0 Å². The molecule has 2 aromatic carbocycles. The lowest BCUT2D eigenvalue weighted by molar-refractivity contribution is 0.414. The van der Waals surface area contributed by atoms with E-state index in [-0.39, 0.29) is 0 Å². The van der Waals surface area contributed by atoms with Crippen molar-refractivity contribution < 1.29 is 4.74 Å². The fraction of sp³-hybridized carbons (Fsp3) is 0.304. The van der Waals surface area contributed by atoms with Gasteiger partial charge in [0, 0.05) is 39.1 Å². The van der Waals surface area contributed by atoms with Crippen LogP contribution in [0, 0.1) is 0 Å². The Morgan fingerprint density at radius 3 is 2.55 bits per heavy atom. The average molecular weight is 392 g/mol. The third-order valence-corrected chi connectivity index (χ3v) is 4.64. The van der Waals surface area contributed by atoms with Crippen LogP contribution in [0.1, 0.15) is 23.9 Å². The lowest BCUT2D eigenvalue weighted by Crippen LogP contribution is -2.38. The quantitative estimate of drug-likeness (QED) is 0.471. The lowest BCUT2D eigenvalue weighted by Gasteiger charge is -2.22. The van der Waals surface area contributed by atoms with Crippen LogP contribution < -0.4 is 10.1 Å². The molecular formula is C23H29N5O. The van der Waals surface area contributed by atoms with Crippen molar-refractivity contribution >= 4 is 5.96 Å². The van der Waals surface area contributed by atoms with Gasteiger partial charge in [-0.1, -0.05) is 42.5 Å². The first kappa shape index (κ1) is 20.5. The summed E-state index contributed by atoms with van der Waals surface area (Å²) in [6, 6.07) is 18.5. The first-order valence-corrected chi connectivity index (χ1v) is 9.86. The molecule has 0 unspecified atom stereocenters. The highest BCUT2D eigenvalue weighted by Crippen LogP contribution is 2.13. The number of methoxy groups -OCH3 is 1. The predicted octanol–water partition coefficient (Wildman–Crippen LogP) is 3.54. The Morgan fingerprint density at radius 1 is 1.10 bits per heavy atom. The maximum atomic E-state index is 5.23. The largest absolute Gasteiger partial charge is 0.497 e. The van der Waals surface area contributed by atoms with Gasteiger partial charge in [0.25, 0.3) is 0 Å². The number of nitrogens with one attached hydrogen (secondary N) is 1. The number of benzene rings is 2. The normalized spacial score (nSPS) is 11.3. The summed E-state index contributed by atoms with van der Waals surface area (Å²) in [6.07, 6.45) is 3.84. The minimum absolute atomic E-state index is 0.523. The van der Waals surface area contributed by atoms with Gasteiger partial charge in [-0.05, 0) is 30.2 Å². The van der Waals surface area contributed by atoms with Gasteiger partial charge in [-0.3, -0.25) is 0 Å². The molecule has 0 aliphatic rings. The average Bonchev–Trinajstić information content (AvgIpc) is 3.19. The molecule has 0 fully saturated rings. The molecule has 0 amide bonds. The highest BCUT2D eigenvalue weighted by atomic mass is 16.5. The van der Waals surface area contributed by atoms with Gasteiger partial charge in [0.2, 0.25) is 0 Å². The standard InChI is InChI=1S/C23H29N5O/c1-4-24-23(27(2)17-20-10-12-21(29-3)13-11-20)26-16-22-25-14-15-28(22)18-19-8-6-5-7-9-19/h5-15H,4,16-18H2,1-3H3,(H,24,26). The van der Waals surface area contributed by atoms with Gasteiger partial charge in [0.1, 0.15) is 18.1 Å². The zero-order valence-electron chi connectivity index (χ0n) is 17.4. The third-order valence-electron chi connectivity index (χ3n) is 4.64. The molecule has 0 saturated carbocycles. The summed E-state index contributed by atoms with van der Waals surface area (Å²) in [6.45, 7) is 4.96. The number of nitrogens with zero attached hydrogens (tertiary/aromatic N) is 4. The van der Waals surface area contributed by atoms with Gasteiger partial charge in [-0.2, -0.15) is 0 Å². The molecule has 0 bridgehead atoms. The molecule has 6 heteroatoms. The van der Waals surface area contributed by atoms with Crippen LogP contribution in [0.4, 0.5) is 0 Å². The van der Waals surface area contributed by atoms with E-state index in [1.807, 2.05) is 37.6 Å². The second kappa shape index (κ2) is 10.3. The van der Waals surface area contributed by atoms with E-state index in [9.17, 15) is 0 Å². The van der Waals surface area contributed by atoms with Crippen molar-refractivity contribution in [2.45, 2.75) is 26.6 Å². The molecule has 3 rings (SSSR count). The van der Waals surface area contributed by atoms with E-state index in [0.717, 1.165) is 37.2 Å². The highest BCUT2D eigenvalue weighted by molar-refractivity contribution is 5.79. The predicted molar refractivity (Wildman–Crippen MR) is 117 cm³/mol. The van der Waals surface area contributed by atoms with E-state index in [2.05, 4.69) is 63.1 Å². The molecule has 0 aliphatic heterocycles. The molecule has 152 valence electrons. The van der Waals surface area contributed by atoms with Gasteiger partial charge in [0.15, 0.2) is 5.96 Å². The van der Waals surface area contributed by atoms with Crippen LogP contribution in [0.2, 0.25) is 0 Å². The van der Waals surface area contributed by atoms with Gasteiger partial charge in [0.05, 0.1) is 7.11 Å². The molecule has 0 atom stereocenters. The molecule has 3 aromatic rings. The van der Waals surface area contributed by atoms with E-state index in [1.54, 1.807) is 7.11 Å². The molecular weight excluding hydrogens is 362 g/mol. The fourth-order valence-corrected chi connectivity index (χ4v) is 3.11. The second-order valence-corrected chi connectivity index (χ2v) is 6.83. The van der Waals surface area contributed by atoms with Crippen molar-refractivity contribution in [2.75, 3.05) is 20.7 Å². The van der Waals surface area contributed by atoms with Crippen molar-refractivity contribution in [3.05, 3.63) is 83.9 Å². The molecule has 1 N–H and O–H groups in total. The van der Waals surface area contributed by atoms with Crippen LogP contribution in [0.25, 0.3) is 0 Å². The summed E-state index contributed by atoms with van der Waals surface area (Å²) in [7, 11) is 3.72. The summed E-state index contributed by atoms with van der Waals surface area (Å²) < 4.78 is 7.38. The van der Waals surface area contributed by atoms with Gasteiger partial charge < -0.3 is 19.5 Å². The van der Waals surface area contributed by atoms with Crippen molar-refractivity contribution in [3.63, 3.8) is 0 Å². The smallest absolute Gasteiger partial charge is 0.194 e. The second-order valence-electron chi connectivity index (χ2n) is 6.83. The number of imidazole rings is 1. The Morgan fingerprint density at radius 2 is 1.86 bits per heavy atom. The van der Waals surface area contributed by atoms with Crippen LogP contribution in [-0.2, 0) is 19.6 Å². The number of ether oxygens (including phenoxy) is 1. The van der Waals surface area contributed by atoms with E-state index in [1.165, 1.54) is 11.1 Å². The number of rotatable bonds is 8. The summed E-state index contributed by atoms with van der Waals surface area (Å²) >= 11 is 0. The van der Waals surface area contributed by atoms with E-state index < -0.39 is 0 Å². The number of hydrogen-bond acceptors (Lipinski definition) is 3. The first-order chi connectivity index (χ1) is 14.2. The Hall–Kier alpha value is -3.28. The van der Waals surface area contributed by atoms with Crippen molar-refractivity contribution in [1.29, 1.82) is 0 Å². The summed E-state index contributed by atoms with van der Waals surface area (Å²) in [5.41, 5.74) is 2.45. The molecule has 29 heavy (non-hydrogen) atoms. The molecule has 0 radical (unpaired) electrons. The first-order valence-electron chi connectivity index (χ1n) is 9.86. The molecule has 6 nitrogen and oxygen atoms in total. The monoisotopic (exact) mass is 391 g/mol. The number of aromatic nitrogens is 2. The third kappa shape index (κ3) is 5.85. The Balaban J connectivity index is 1.68. The number of guanidine groups is 1. The number of hydrogen-bond donors (Lipinski definition) is 1. The maximum absolute atomic E-state index is 5.23. The topological polar surface area (TPSA) is 54.7 Å². The van der Waals surface area contributed by atoms with E-state index >= 15 is 0 Å². The minimum atomic E-state index is 0.523. The summed E-state index contributed by atoms with van der Waals surface area (Å²) in [5, 5.41) is 3.37. The molecule has 1 heterocycles. The van der Waals surface area contributed by atoms with Crippen LogP contribution >= 0.6 is 0 Å². The van der Waals surface area contributed by atoms with Crippen LogP contribution in [0.3, 0.4) is 0 Å². The summed E-state index contributed by atoms with van der Waals surface area (Å²) in [5.74, 6) is 2.67. The zero-order chi connectivity index (χ0) is 20.5. The Bertz CT molecular complexity index is 903. The SMILES string of the molecule is CCNC(=NCc1nccn1Cc1ccccc1)N(C)Cc1ccc(OC)cc1. The molecule has 0 saturated heterocycles. The molecule has 0 aliphatic carbocycles. The Kier molecular flexibility index (Phi) is 7.28. The molecule has 1 aromatic heterocycles. The van der Waals surface area contributed by atoms with E-state index in [4.69, 9.17) is 9.73 Å². The van der Waals surface area contributed by atoms with Crippen molar-refractivity contribution in [3.8, 4) is 5.75 Å². The fourth-order valence-electron chi connectivity index (χ4n) is 3.11. The minimum Gasteiger partial charge on any atom is -0.497 e. The summed E-state index contributed by atoms with van der Waals surface area (Å²) in [4.78, 5) is 11.4. The lowest BCUT2D eigenvalue weighted by atomic mass is 10.2. The van der Waals surface area contributed by atoms with Crippen molar-refractivity contribution in [2.24, 2.45) is 4.99 Å². The van der Waals surface area contributed by atoms with Crippen LogP contribution in [0.5, 0.6) is 5.75 Å². The highest BCUT2D eigenvalue weighted by Gasteiger charge is 2.09. The van der Waals surface area contributed by atoms with Gasteiger partial charge >= 0.3 is 0 Å². The van der Waals surface area contributed by atoms with Crippen molar-refractivity contribution in [1.82, 2.24) is 19.8 Å². The maximum Gasteiger partial charge on any atom is 0.194 e. The number of aliphatic imine (C=N–C) groups is 1. The molecule has 0 spiro atoms. The zero-order valence-corrected chi connectivity index (χ0v) is 17.4. The van der Waals surface area contributed by atoms with Crippen LogP contribution in [-0.4, -0.2) is 41.1 Å².